The summed E-state index contributed by atoms with van der Waals surface area (Å²) in [5, 5.41) is 40.8. The molecular formula is C38H54N6O4. The van der Waals surface area contributed by atoms with Crippen molar-refractivity contribution in [3.63, 3.8) is 0 Å². The van der Waals surface area contributed by atoms with Gasteiger partial charge in [0.1, 0.15) is 12.1 Å². The zero-order chi connectivity index (χ0) is 33.8. The Balaban J connectivity index is 0.000000131. The van der Waals surface area contributed by atoms with Crippen LogP contribution in [-0.4, -0.2) is 79.3 Å². The summed E-state index contributed by atoms with van der Waals surface area (Å²) in [4.78, 5) is 30.2. The van der Waals surface area contributed by atoms with Gasteiger partial charge in [-0.25, -0.2) is 0 Å². The maximum Gasteiger partial charge on any atom is 0.241 e. The van der Waals surface area contributed by atoms with Crippen LogP contribution in [-0.2, 0) is 9.59 Å². The van der Waals surface area contributed by atoms with Crippen LogP contribution < -0.4 is 11.5 Å². The van der Waals surface area contributed by atoms with Gasteiger partial charge in [-0.3, -0.25) is 9.59 Å². The molecule has 6 N–H and O–H groups in total. The van der Waals surface area contributed by atoms with E-state index < -0.39 is 23.3 Å². The largest absolute Gasteiger partial charge is 0.390 e. The van der Waals surface area contributed by atoms with E-state index in [1.807, 2.05) is 9.80 Å². The number of nitrogens with two attached hydrogens (primary N) is 2. The molecular weight excluding hydrogens is 604 g/mol. The van der Waals surface area contributed by atoms with Crippen LogP contribution in [0.25, 0.3) is 0 Å². The Bertz CT molecular complexity index is 1390. The summed E-state index contributed by atoms with van der Waals surface area (Å²) >= 11 is 0. The first-order chi connectivity index (χ1) is 22.6. The molecule has 0 aromatic heterocycles. The van der Waals surface area contributed by atoms with Gasteiger partial charge in [-0.1, -0.05) is 13.8 Å². The molecule has 0 spiro atoms. The molecule has 2 aliphatic heterocycles. The maximum absolute atomic E-state index is 13.3. The van der Waals surface area contributed by atoms with Gasteiger partial charge >= 0.3 is 0 Å². The Hall–Kier alpha value is -2.24. The number of rotatable bonds is 4. The number of piperidine rings is 2. The second-order valence-corrected chi connectivity index (χ2v) is 20.0. The van der Waals surface area contributed by atoms with Crippen LogP contribution in [0.4, 0.5) is 0 Å². The maximum atomic E-state index is 13.3. The first-order valence-electron chi connectivity index (χ1n) is 18.9. The van der Waals surface area contributed by atoms with Gasteiger partial charge in [-0.2, -0.15) is 10.5 Å². The summed E-state index contributed by atoms with van der Waals surface area (Å²) in [5.74, 6) is 2.02. The highest BCUT2D eigenvalue weighted by atomic mass is 16.3. The third kappa shape index (κ3) is 4.47. The molecule has 0 aromatic rings. The molecule has 2 heterocycles. The third-order valence-corrected chi connectivity index (χ3v) is 16.1. The molecule has 2 amide bonds. The highest BCUT2D eigenvalue weighted by Crippen LogP contribution is 2.66. The van der Waals surface area contributed by atoms with Crippen molar-refractivity contribution in [2.24, 2.45) is 56.8 Å². The van der Waals surface area contributed by atoms with E-state index in [4.69, 9.17) is 11.5 Å². The van der Waals surface area contributed by atoms with Crippen LogP contribution in [0, 0.1) is 68.0 Å². The van der Waals surface area contributed by atoms with Gasteiger partial charge in [-0.15, -0.1) is 0 Å². The zero-order valence-electron chi connectivity index (χ0n) is 28.7. The number of carbonyl (C=O) groups is 2. The minimum Gasteiger partial charge on any atom is -0.390 e. The first kappa shape index (κ1) is 31.7. The second kappa shape index (κ2) is 9.75. The van der Waals surface area contributed by atoms with Crippen molar-refractivity contribution >= 4 is 11.8 Å². The zero-order valence-corrected chi connectivity index (χ0v) is 28.7. The SMILES string of the molecule is C[C@@]12C[C@H](C#N)N(C(=O)[C@H](N)C34CC5CC(CC(O)(C5)C3)C4)[C@@H]1C2.C[C@]12C[C@@H](C#N)N(C(=O)[C@@H](N)C34CC5CC(CC(O)(C5)C3)C4)[C@H]1C2. The van der Waals surface area contributed by atoms with Gasteiger partial charge in [0.05, 0.1) is 35.4 Å². The highest BCUT2D eigenvalue weighted by molar-refractivity contribution is 5.85. The van der Waals surface area contributed by atoms with Gasteiger partial charge in [0.2, 0.25) is 11.8 Å². The molecule has 10 nitrogen and oxygen atoms in total. The van der Waals surface area contributed by atoms with Gasteiger partial charge in [-0.05, 0) is 148 Å². The first-order valence-corrected chi connectivity index (χ1v) is 18.9. The number of fused-ring (bicyclic) bond motifs is 2. The molecule has 10 heteroatoms. The van der Waals surface area contributed by atoms with Gasteiger partial charge in [0.25, 0.3) is 0 Å². The lowest BCUT2D eigenvalue weighted by atomic mass is 9.46. The number of nitrogens with zero attached hydrogens (tertiary/aromatic N) is 4. The lowest BCUT2D eigenvalue weighted by Gasteiger charge is -2.61. The lowest BCUT2D eigenvalue weighted by Crippen LogP contribution is -2.64. The Morgan fingerprint density at radius 2 is 0.958 bits per heavy atom. The number of amides is 2. The van der Waals surface area contributed by atoms with Crippen molar-refractivity contribution in [2.45, 2.75) is 164 Å². The van der Waals surface area contributed by atoms with Crippen LogP contribution >= 0.6 is 0 Å². The van der Waals surface area contributed by atoms with Crippen molar-refractivity contribution in [2.75, 3.05) is 0 Å². The predicted molar refractivity (Wildman–Crippen MR) is 175 cm³/mol. The second-order valence-electron chi connectivity index (χ2n) is 20.0. The van der Waals surface area contributed by atoms with E-state index in [0.29, 0.717) is 36.5 Å². The predicted octanol–water partition coefficient (Wildman–Crippen LogP) is 3.10. The smallest absolute Gasteiger partial charge is 0.241 e. The number of likely N-dealkylation sites (tertiary alicyclic amines) is 2. The van der Waals surface area contributed by atoms with Crippen LogP contribution in [0.5, 0.6) is 0 Å². The molecule has 10 aliphatic carbocycles. The number of nitriles is 2. The van der Waals surface area contributed by atoms with Crippen LogP contribution in [0.15, 0.2) is 0 Å². The average Bonchev–Trinajstić information content (AvgIpc) is 3.78. The van der Waals surface area contributed by atoms with Crippen molar-refractivity contribution in [1.82, 2.24) is 9.80 Å². The summed E-state index contributed by atoms with van der Waals surface area (Å²) in [6, 6.07) is 3.29. The van der Waals surface area contributed by atoms with Crippen molar-refractivity contribution in [3.05, 3.63) is 0 Å². The summed E-state index contributed by atoms with van der Waals surface area (Å²) in [5.41, 5.74) is 11.7. The Morgan fingerprint density at radius 3 is 1.25 bits per heavy atom. The quantitative estimate of drug-likeness (QED) is 0.356. The van der Waals surface area contributed by atoms with Gasteiger partial charge < -0.3 is 31.5 Å². The summed E-state index contributed by atoms with van der Waals surface area (Å²) in [6.07, 6.45) is 14.8. The number of aliphatic hydroxyl groups is 2. The molecule has 48 heavy (non-hydrogen) atoms. The minimum atomic E-state index is -0.601. The third-order valence-electron chi connectivity index (χ3n) is 16.1. The van der Waals surface area contributed by atoms with Crippen LogP contribution in [0.1, 0.15) is 117 Å². The molecule has 12 fully saturated rings. The van der Waals surface area contributed by atoms with Gasteiger partial charge in [0, 0.05) is 12.1 Å². The molecule has 12 rings (SSSR count). The highest BCUT2D eigenvalue weighted by Gasteiger charge is 2.68. The van der Waals surface area contributed by atoms with Crippen molar-refractivity contribution in [1.29, 1.82) is 10.5 Å². The molecule has 12 aliphatic rings. The van der Waals surface area contributed by atoms with Crippen LogP contribution in [0.2, 0.25) is 0 Å². The molecule has 10 saturated carbocycles. The fraction of sp³-hybridized carbons (Fsp3) is 0.895. The minimum absolute atomic E-state index is 0.0293. The Kier molecular flexibility index (Phi) is 6.44. The van der Waals surface area contributed by atoms with E-state index in [0.717, 1.165) is 77.0 Å². The Labute approximate surface area is 284 Å². The molecule has 4 unspecified atom stereocenters. The molecule has 260 valence electrons. The number of carbonyl (C=O) groups excluding carboxylic acids is 2. The normalized spacial score (nSPS) is 55.2. The number of hydrogen-bond acceptors (Lipinski definition) is 8. The van der Waals surface area contributed by atoms with E-state index in [1.165, 1.54) is 12.8 Å². The van der Waals surface area contributed by atoms with E-state index in [2.05, 4.69) is 26.0 Å². The summed E-state index contributed by atoms with van der Waals surface area (Å²) in [7, 11) is 0. The van der Waals surface area contributed by atoms with Crippen molar-refractivity contribution < 1.29 is 19.8 Å². The standard InChI is InChI=1S/2C19H27N3O2/c2*1-17-7-13(9-20)22(14(17)8-17)16(23)15(21)18-3-11-2-12(4-18)6-19(24,5-11)10-18/h2*11-15,24H,2-8,10,21H2,1H3/t2*11?,12?,13-,14-,15+,17+,18?,19?/m10/s1. The fourth-order valence-electron chi connectivity index (χ4n) is 14.6. The van der Waals surface area contributed by atoms with Gasteiger partial charge in [0.15, 0.2) is 0 Å². The average molecular weight is 659 g/mol. The topological polar surface area (TPSA) is 181 Å². The fourth-order valence-corrected chi connectivity index (χ4v) is 14.6. The van der Waals surface area contributed by atoms with Crippen molar-refractivity contribution in [3.8, 4) is 12.1 Å². The summed E-state index contributed by atoms with van der Waals surface area (Å²) < 4.78 is 0. The molecule has 0 radical (unpaired) electrons. The molecule has 8 bridgehead atoms. The van der Waals surface area contributed by atoms with E-state index in [1.54, 1.807) is 0 Å². The summed E-state index contributed by atoms with van der Waals surface area (Å²) in [6.45, 7) is 4.35. The Morgan fingerprint density at radius 1 is 0.625 bits per heavy atom. The van der Waals surface area contributed by atoms with E-state index >= 15 is 0 Å². The molecule has 0 aromatic carbocycles. The van der Waals surface area contributed by atoms with E-state index in [-0.39, 0.29) is 57.6 Å². The monoisotopic (exact) mass is 658 g/mol. The lowest BCUT2D eigenvalue weighted by molar-refractivity contribution is -0.178. The molecule has 12 atom stereocenters. The van der Waals surface area contributed by atoms with Crippen LogP contribution in [0.3, 0.4) is 0 Å². The molecule has 2 saturated heterocycles. The number of hydrogen-bond donors (Lipinski definition) is 4. The van der Waals surface area contributed by atoms with E-state index in [9.17, 15) is 30.3 Å².